The zero-order valence-electron chi connectivity index (χ0n) is 10.3. The van der Waals surface area contributed by atoms with Crippen LogP contribution in [0.2, 0.25) is 0 Å². The standard InChI is InChI=1S/C11H14BrNO4S2/c1-17-10(14)9-4-2-3-6-13(9)19(15,16)11-8(12)5-7-18-11/h5,7,9H,2-4,6H2,1H3/t9-/m1/s1. The lowest BCUT2D eigenvalue weighted by Gasteiger charge is -2.32. The molecule has 5 nitrogen and oxygen atoms in total. The van der Waals surface area contributed by atoms with Crippen LogP contribution in [0.1, 0.15) is 19.3 Å². The van der Waals surface area contributed by atoms with E-state index in [1.54, 1.807) is 11.4 Å². The summed E-state index contributed by atoms with van der Waals surface area (Å²) in [6.07, 6.45) is 2.10. The van der Waals surface area contributed by atoms with E-state index in [0.717, 1.165) is 24.2 Å². The van der Waals surface area contributed by atoms with Crippen molar-refractivity contribution in [2.24, 2.45) is 0 Å². The van der Waals surface area contributed by atoms with Crippen molar-refractivity contribution in [3.05, 3.63) is 15.9 Å². The van der Waals surface area contributed by atoms with Gasteiger partial charge < -0.3 is 4.74 Å². The van der Waals surface area contributed by atoms with Crippen LogP contribution >= 0.6 is 27.3 Å². The second-order valence-corrected chi connectivity index (χ2v) is 8.06. The molecule has 0 amide bonds. The Balaban J connectivity index is 2.37. The van der Waals surface area contributed by atoms with Crippen LogP contribution in [0.15, 0.2) is 20.1 Å². The van der Waals surface area contributed by atoms with Gasteiger partial charge in [0.1, 0.15) is 10.3 Å². The van der Waals surface area contributed by atoms with Gasteiger partial charge in [-0.25, -0.2) is 8.42 Å². The zero-order valence-corrected chi connectivity index (χ0v) is 13.6. The quantitative estimate of drug-likeness (QED) is 0.768. The molecule has 1 fully saturated rings. The van der Waals surface area contributed by atoms with Crippen LogP contribution in [-0.4, -0.2) is 38.4 Å². The van der Waals surface area contributed by atoms with Crippen LogP contribution in [-0.2, 0) is 19.6 Å². The number of ether oxygens (including phenoxy) is 1. The lowest BCUT2D eigenvalue weighted by molar-refractivity contribution is -0.146. The number of sulfonamides is 1. The van der Waals surface area contributed by atoms with Crippen molar-refractivity contribution < 1.29 is 17.9 Å². The van der Waals surface area contributed by atoms with Gasteiger partial charge in [-0.3, -0.25) is 4.79 Å². The Labute approximate surface area is 124 Å². The fraction of sp³-hybridized carbons (Fsp3) is 0.545. The van der Waals surface area contributed by atoms with Crippen LogP contribution in [0.4, 0.5) is 0 Å². The molecule has 1 atom stereocenters. The molecule has 0 unspecified atom stereocenters. The van der Waals surface area contributed by atoms with E-state index in [-0.39, 0.29) is 4.21 Å². The van der Waals surface area contributed by atoms with Gasteiger partial charge in [0, 0.05) is 11.0 Å². The molecule has 0 aromatic carbocycles. The fourth-order valence-corrected chi connectivity index (χ4v) is 6.21. The van der Waals surface area contributed by atoms with Crippen LogP contribution in [0.25, 0.3) is 0 Å². The molecule has 19 heavy (non-hydrogen) atoms. The van der Waals surface area contributed by atoms with E-state index in [1.807, 2.05) is 0 Å². The van der Waals surface area contributed by atoms with Crippen LogP contribution in [0, 0.1) is 0 Å². The largest absolute Gasteiger partial charge is 0.468 e. The summed E-state index contributed by atoms with van der Waals surface area (Å²) in [5.41, 5.74) is 0. The molecule has 0 aliphatic carbocycles. The van der Waals surface area contributed by atoms with Crippen LogP contribution in [0.3, 0.4) is 0 Å². The summed E-state index contributed by atoms with van der Waals surface area (Å²) in [5, 5.41) is 1.70. The van der Waals surface area contributed by atoms with Crippen molar-refractivity contribution in [1.82, 2.24) is 4.31 Å². The van der Waals surface area contributed by atoms with E-state index in [2.05, 4.69) is 15.9 Å². The number of thiophene rings is 1. The molecular weight excluding hydrogens is 354 g/mol. The van der Waals surface area contributed by atoms with Gasteiger partial charge in [0.25, 0.3) is 10.0 Å². The predicted octanol–water partition coefficient (Wildman–Crippen LogP) is 2.23. The predicted molar refractivity (Wildman–Crippen MR) is 75.6 cm³/mol. The maximum absolute atomic E-state index is 12.6. The molecule has 1 aromatic rings. The number of hydrogen-bond donors (Lipinski definition) is 0. The molecule has 2 rings (SSSR count). The van der Waals surface area contributed by atoms with E-state index >= 15 is 0 Å². The smallest absolute Gasteiger partial charge is 0.324 e. The topological polar surface area (TPSA) is 63.7 Å². The van der Waals surface area contributed by atoms with E-state index in [0.29, 0.717) is 17.4 Å². The van der Waals surface area contributed by atoms with Crippen molar-refractivity contribution in [3.8, 4) is 0 Å². The lowest BCUT2D eigenvalue weighted by atomic mass is 10.1. The van der Waals surface area contributed by atoms with Crippen molar-refractivity contribution in [2.45, 2.75) is 29.5 Å². The minimum Gasteiger partial charge on any atom is -0.468 e. The van der Waals surface area contributed by atoms with Gasteiger partial charge in [-0.1, -0.05) is 0 Å². The summed E-state index contributed by atoms with van der Waals surface area (Å²) >= 11 is 4.37. The molecule has 1 aromatic heterocycles. The third-order valence-electron chi connectivity index (χ3n) is 3.05. The van der Waals surface area contributed by atoms with Gasteiger partial charge in [0.15, 0.2) is 0 Å². The summed E-state index contributed by atoms with van der Waals surface area (Å²) in [7, 11) is -2.37. The second kappa shape index (κ2) is 5.90. The van der Waals surface area contributed by atoms with E-state index in [1.165, 1.54) is 11.4 Å². The highest BCUT2D eigenvalue weighted by atomic mass is 79.9. The molecule has 1 saturated heterocycles. The molecule has 2 heterocycles. The molecule has 1 aliphatic rings. The maximum Gasteiger partial charge on any atom is 0.324 e. The number of rotatable bonds is 3. The van der Waals surface area contributed by atoms with Gasteiger partial charge in [-0.2, -0.15) is 4.31 Å². The number of piperidine rings is 1. The molecule has 1 aliphatic heterocycles. The molecule has 0 spiro atoms. The highest BCUT2D eigenvalue weighted by molar-refractivity contribution is 9.10. The summed E-state index contributed by atoms with van der Waals surface area (Å²) in [6, 6.07) is 0.979. The number of hydrogen-bond acceptors (Lipinski definition) is 5. The van der Waals surface area contributed by atoms with Crippen LogP contribution < -0.4 is 0 Å². The number of nitrogens with zero attached hydrogens (tertiary/aromatic N) is 1. The molecule has 0 saturated carbocycles. The normalized spacial score (nSPS) is 21.3. The average Bonchev–Trinajstić information content (AvgIpc) is 2.85. The number of methoxy groups -OCH3 is 1. The fourth-order valence-electron chi connectivity index (χ4n) is 2.13. The number of halogens is 1. The van der Waals surface area contributed by atoms with Gasteiger partial charge >= 0.3 is 5.97 Å². The lowest BCUT2D eigenvalue weighted by Crippen LogP contribution is -2.48. The Kier molecular flexibility index (Phi) is 4.65. The first-order valence-electron chi connectivity index (χ1n) is 5.81. The molecule has 0 radical (unpaired) electrons. The van der Waals surface area contributed by atoms with Crippen LogP contribution in [0.5, 0.6) is 0 Å². The summed E-state index contributed by atoms with van der Waals surface area (Å²) in [6.45, 7) is 0.354. The minimum atomic E-state index is -3.65. The number of esters is 1. The molecule has 106 valence electrons. The summed E-state index contributed by atoms with van der Waals surface area (Å²) < 4.78 is 31.9. The highest BCUT2D eigenvalue weighted by Gasteiger charge is 2.39. The molecular formula is C11H14BrNO4S2. The third kappa shape index (κ3) is 2.86. The Bertz CT molecular complexity index is 569. The minimum absolute atomic E-state index is 0.239. The second-order valence-electron chi connectivity index (χ2n) is 4.21. The Morgan fingerprint density at radius 1 is 1.53 bits per heavy atom. The Morgan fingerprint density at radius 3 is 2.84 bits per heavy atom. The van der Waals surface area contributed by atoms with Crippen molar-refractivity contribution in [3.63, 3.8) is 0 Å². The highest BCUT2D eigenvalue weighted by Crippen LogP contribution is 2.33. The first-order chi connectivity index (χ1) is 8.98. The van der Waals surface area contributed by atoms with Crippen molar-refractivity contribution >= 4 is 43.3 Å². The van der Waals surface area contributed by atoms with Gasteiger partial charge in [-0.15, -0.1) is 11.3 Å². The van der Waals surface area contributed by atoms with E-state index < -0.39 is 22.0 Å². The monoisotopic (exact) mass is 367 g/mol. The van der Waals surface area contributed by atoms with E-state index in [9.17, 15) is 13.2 Å². The molecule has 0 N–H and O–H groups in total. The maximum atomic E-state index is 12.6. The van der Waals surface area contributed by atoms with Gasteiger partial charge in [0.05, 0.1) is 7.11 Å². The molecule has 0 bridgehead atoms. The molecule has 8 heteroatoms. The average molecular weight is 368 g/mol. The Hall–Kier alpha value is -0.440. The van der Waals surface area contributed by atoms with E-state index in [4.69, 9.17) is 4.74 Å². The first-order valence-corrected chi connectivity index (χ1v) is 8.92. The summed E-state index contributed by atoms with van der Waals surface area (Å²) in [5.74, 6) is -0.490. The Morgan fingerprint density at radius 2 is 2.26 bits per heavy atom. The number of carbonyl (C=O) groups is 1. The third-order valence-corrected chi connectivity index (χ3v) is 7.61. The summed E-state index contributed by atoms with van der Waals surface area (Å²) in [4.78, 5) is 11.7. The SMILES string of the molecule is COC(=O)[C@H]1CCCCN1S(=O)(=O)c1sccc1Br. The first kappa shape index (κ1) is 15.0. The zero-order chi connectivity index (χ0) is 14.0. The van der Waals surface area contributed by atoms with Crippen molar-refractivity contribution in [2.75, 3.05) is 13.7 Å². The van der Waals surface area contributed by atoms with Gasteiger partial charge in [-0.05, 0) is 46.6 Å². The van der Waals surface area contributed by atoms with Gasteiger partial charge in [0.2, 0.25) is 0 Å². The number of carbonyl (C=O) groups excluding carboxylic acids is 1. The van der Waals surface area contributed by atoms with Crippen molar-refractivity contribution in [1.29, 1.82) is 0 Å².